The van der Waals surface area contributed by atoms with Gasteiger partial charge in [0.05, 0.1) is 27.6 Å². The van der Waals surface area contributed by atoms with Gasteiger partial charge in [0.1, 0.15) is 6.54 Å². The predicted octanol–water partition coefficient (Wildman–Crippen LogP) is 3.74. The minimum absolute atomic E-state index is 0. The van der Waals surface area contributed by atoms with Crippen molar-refractivity contribution in [3.63, 3.8) is 0 Å². The number of quaternary nitrogens is 1. The molecule has 0 saturated carbocycles. The molecule has 0 aromatic heterocycles. The molecule has 0 aliphatic heterocycles. The number of ether oxygens (including phenoxy) is 1. The lowest BCUT2D eigenvalue weighted by Crippen LogP contribution is -3.00. The van der Waals surface area contributed by atoms with Crippen molar-refractivity contribution in [2.75, 3.05) is 27.7 Å². The highest BCUT2D eigenvalue weighted by Crippen LogP contribution is 2.12. The zero-order chi connectivity index (χ0) is 26.2. The summed E-state index contributed by atoms with van der Waals surface area (Å²) < 4.78 is 5.97. The number of carbonyl (C=O) groups excluding carboxylic acids is 1. The van der Waals surface area contributed by atoms with Gasteiger partial charge in [0, 0.05) is 19.3 Å². The summed E-state index contributed by atoms with van der Waals surface area (Å²) in [5, 5.41) is 9.03. The van der Waals surface area contributed by atoms with E-state index in [-0.39, 0.29) is 24.8 Å². The third-order valence-corrected chi connectivity index (χ3v) is 5.78. The number of rotatable bonds is 21. The first kappa shape index (κ1) is 36.5. The normalized spacial score (nSPS) is 11.3. The van der Waals surface area contributed by atoms with Crippen LogP contribution < -0.4 is 12.4 Å². The van der Waals surface area contributed by atoms with Crippen molar-refractivity contribution < 1.29 is 36.3 Å². The summed E-state index contributed by atoms with van der Waals surface area (Å²) in [5.41, 5.74) is 0. The first-order valence-electron chi connectivity index (χ1n) is 13.9. The molecule has 0 heterocycles. The highest BCUT2D eigenvalue weighted by Gasteiger charge is 2.24. The highest BCUT2D eigenvalue weighted by molar-refractivity contribution is 5.71. The van der Waals surface area contributed by atoms with E-state index in [1.54, 1.807) is 0 Å². The van der Waals surface area contributed by atoms with Crippen molar-refractivity contribution in [2.45, 2.75) is 129 Å². The molecule has 0 spiro atoms. The molecule has 0 bridgehead atoms. The van der Waals surface area contributed by atoms with Crippen LogP contribution in [0.15, 0.2) is 0 Å². The summed E-state index contributed by atoms with van der Waals surface area (Å²) in [6, 6.07) is 0. The van der Waals surface area contributed by atoms with Gasteiger partial charge in [-0.25, -0.2) is 0 Å². The first-order chi connectivity index (χ1) is 16.7. The van der Waals surface area contributed by atoms with Crippen molar-refractivity contribution in [3.05, 3.63) is 0 Å². The van der Waals surface area contributed by atoms with Gasteiger partial charge < -0.3 is 26.7 Å². The van der Waals surface area contributed by atoms with E-state index in [1.165, 1.54) is 51.4 Å². The van der Waals surface area contributed by atoms with Crippen LogP contribution in [-0.2, 0) is 14.3 Å². The third-order valence-electron chi connectivity index (χ3n) is 5.78. The fourth-order valence-corrected chi connectivity index (χ4v) is 3.94. The third kappa shape index (κ3) is 28.5. The minimum Gasteiger partial charge on any atom is -1.00 e. The molecule has 0 aromatic rings. The fraction of sp³-hybridized carbons (Fsp3) is 0.800. The van der Waals surface area contributed by atoms with Crippen LogP contribution in [0.2, 0.25) is 0 Å². The molecule has 0 radical (unpaired) electrons. The van der Waals surface area contributed by atoms with E-state index in [4.69, 9.17) is 9.84 Å². The molecule has 1 atom stereocenters. The number of unbranched alkanes of at least 4 members (excludes halogenated alkanes) is 14. The zero-order valence-corrected chi connectivity index (χ0v) is 24.3. The molecule has 0 aromatic carbocycles. The van der Waals surface area contributed by atoms with Gasteiger partial charge >= 0.3 is 11.9 Å². The van der Waals surface area contributed by atoms with E-state index in [0.717, 1.165) is 51.4 Å². The molecular weight excluding hydrogens is 474 g/mol. The van der Waals surface area contributed by atoms with Crippen LogP contribution in [0.3, 0.4) is 0 Å². The summed E-state index contributed by atoms with van der Waals surface area (Å²) in [4.78, 5) is 23.1. The van der Waals surface area contributed by atoms with Gasteiger partial charge in [0.2, 0.25) is 0 Å². The van der Waals surface area contributed by atoms with Gasteiger partial charge in [0.15, 0.2) is 6.10 Å². The van der Waals surface area contributed by atoms with Crippen LogP contribution in [0.4, 0.5) is 0 Å². The summed E-state index contributed by atoms with van der Waals surface area (Å²) in [6.07, 6.45) is 18.4. The number of hydrogen-bond donors (Lipinski definition) is 1. The Morgan fingerprint density at radius 1 is 0.750 bits per heavy atom. The number of carboxylic acids is 1. The summed E-state index contributed by atoms with van der Waals surface area (Å²) >= 11 is 0. The number of carbonyl (C=O) groups is 2. The van der Waals surface area contributed by atoms with Gasteiger partial charge in [-0.1, -0.05) is 89.4 Å². The van der Waals surface area contributed by atoms with E-state index < -0.39 is 12.1 Å². The zero-order valence-electron chi connectivity index (χ0n) is 23.5. The maximum atomic E-state index is 12.1. The highest BCUT2D eigenvalue weighted by atomic mass is 35.5. The molecule has 0 unspecified atom stereocenters. The van der Waals surface area contributed by atoms with Crippen molar-refractivity contribution in [2.24, 2.45) is 0 Å². The number of esters is 1. The standard InChI is InChI=1S/C30H51NO4.ClH/c1-5-6-7-8-9-10-11-12-13-14-15-16-17-18-19-20-21-22-23-24-25-30(34)35-28(26-29(32)33)27-31(2,3)4;/h28H,5-13,18-27H2,1-4H3;1H/t28-;/m1./s1. The number of aliphatic carboxylic acids is 1. The van der Waals surface area contributed by atoms with Crippen LogP contribution in [-0.4, -0.2) is 55.3 Å². The molecule has 208 valence electrons. The Balaban J connectivity index is 0. The van der Waals surface area contributed by atoms with Crippen LogP contribution in [0.5, 0.6) is 0 Å². The lowest BCUT2D eigenvalue weighted by atomic mass is 10.1. The Bertz CT molecular complexity index is 679. The van der Waals surface area contributed by atoms with E-state index in [9.17, 15) is 9.59 Å². The Kier molecular flexibility index (Phi) is 25.3. The van der Waals surface area contributed by atoms with Gasteiger partial charge in [-0.05, 0) is 31.1 Å². The molecule has 36 heavy (non-hydrogen) atoms. The molecule has 0 amide bonds. The van der Waals surface area contributed by atoms with Crippen LogP contribution in [0.1, 0.15) is 122 Å². The molecule has 6 heteroatoms. The van der Waals surface area contributed by atoms with Crippen molar-refractivity contribution in [3.8, 4) is 23.7 Å². The van der Waals surface area contributed by atoms with Crippen molar-refractivity contribution in [1.82, 2.24) is 0 Å². The van der Waals surface area contributed by atoms with E-state index in [1.807, 2.05) is 21.1 Å². The number of likely N-dealkylation sites (N-methyl/N-ethyl adjacent to an activating group) is 1. The molecule has 0 saturated heterocycles. The fourth-order valence-electron chi connectivity index (χ4n) is 3.94. The first-order valence-corrected chi connectivity index (χ1v) is 13.9. The number of halogens is 1. The predicted molar refractivity (Wildman–Crippen MR) is 145 cm³/mol. The van der Waals surface area contributed by atoms with Gasteiger partial charge in [-0.2, -0.15) is 0 Å². The molecule has 0 rings (SSSR count). The Labute approximate surface area is 228 Å². The van der Waals surface area contributed by atoms with Crippen LogP contribution in [0.25, 0.3) is 0 Å². The smallest absolute Gasteiger partial charge is 0.307 e. The molecule has 1 N–H and O–H groups in total. The molecule has 5 nitrogen and oxygen atoms in total. The van der Waals surface area contributed by atoms with Crippen LogP contribution in [0, 0.1) is 23.7 Å². The average Bonchev–Trinajstić information content (AvgIpc) is 2.76. The number of nitrogens with zero attached hydrogens (tertiary/aromatic N) is 1. The Morgan fingerprint density at radius 3 is 1.64 bits per heavy atom. The van der Waals surface area contributed by atoms with Crippen molar-refractivity contribution in [1.29, 1.82) is 0 Å². The quantitative estimate of drug-likeness (QED) is 0.107. The van der Waals surface area contributed by atoms with E-state index in [0.29, 0.717) is 17.4 Å². The second-order valence-corrected chi connectivity index (χ2v) is 10.6. The summed E-state index contributed by atoms with van der Waals surface area (Å²) in [5.74, 6) is 11.1. The summed E-state index contributed by atoms with van der Waals surface area (Å²) in [6.45, 7) is 2.75. The molecule has 0 fully saturated rings. The van der Waals surface area contributed by atoms with E-state index >= 15 is 0 Å². The van der Waals surface area contributed by atoms with Gasteiger partial charge in [-0.3, -0.25) is 9.59 Å². The molecule has 0 aliphatic carbocycles. The molecular formula is C30H52ClNO4. The Hall–Kier alpha value is -1.69. The number of carboxylic acid groups (broad SMARTS) is 1. The maximum absolute atomic E-state index is 12.1. The number of hydrogen-bond acceptors (Lipinski definition) is 3. The van der Waals surface area contributed by atoms with E-state index in [2.05, 4.69) is 30.6 Å². The Morgan fingerprint density at radius 2 is 1.19 bits per heavy atom. The van der Waals surface area contributed by atoms with Crippen molar-refractivity contribution >= 4 is 11.9 Å². The molecule has 0 aliphatic rings. The second-order valence-electron chi connectivity index (χ2n) is 10.6. The van der Waals surface area contributed by atoms with Gasteiger partial charge in [0.25, 0.3) is 0 Å². The largest absolute Gasteiger partial charge is 1.00 e. The lowest BCUT2D eigenvalue weighted by Gasteiger charge is -2.28. The van der Waals surface area contributed by atoms with Gasteiger partial charge in [-0.15, -0.1) is 0 Å². The lowest BCUT2D eigenvalue weighted by molar-refractivity contribution is -0.873. The monoisotopic (exact) mass is 525 g/mol. The average molecular weight is 526 g/mol. The van der Waals surface area contributed by atoms with Crippen LogP contribution >= 0.6 is 0 Å². The topological polar surface area (TPSA) is 63.6 Å². The maximum Gasteiger partial charge on any atom is 0.307 e. The second kappa shape index (κ2) is 25.0. The summed E-state index contributed by atoms with van der Waals surface area (Å²) in [7, 11) is 5.88. The SMILES string of the molecule is CCCCCCCCCCC#CC#CCCCCCCCCC(=O)O[C@H](CC(=O)O)C[N+](C)(C)C.[Cl-]. The minimum atomic E-state index is -0.938.